The van der Waals surface area contributed by atoms with Gasteiger partial charge in [-0.15, -0.1) is 0 Å². The van der Waals surface area contributed by atoms with E-state index < -0.39 is 17.5 Å². The number of hydrogen-bond donors (Lipinski definition) is 3. The number of rotatable bonds is 10. The van der Waals surface area contributed by atoms with E-state index in [2.05, 4.69) is 34.0 Å². The largest absolute Gasteiger partial charge is 0.501 e. The number of nitrogens with one attached hydrogen (secondary N) is 1. The average Bonchev–Trinajstić information content (AvgIpc) is 2.87. The number of methoxy groups -OCH3 is 2. The van der Waals surface area contributed by atoms with Crippen LogP contribution in [0.3, 0.4) is 0 Å². The maximum absolute atomic E-state index is 12.8. The zero-order valence-electron chi connectivity index (χ0n) is 19.8. The lowest BCUT2D eigenvalue weighted by Crippen LogP contribution is -2.24. The van der Waals surface area contributed by atoms with Crippen molar-refractivity contribution in [3.63, 3.8) is 0 Å². The lowest BCUT2D eigenvalue weighted by molar-refractivity contribution is 0.0941. The Labute approximate surface area is 199 Å². The highest BCUT2D eigenvalue weighted by molar-refractivity contribution is 5.95. The van der Waals surface area contributed by atoms with Gasteiger partial charge in [0.15, 0.2) is 23.0 Å². The fourth-order valence-corrected chi connectivity index (χ4v) is 3.55. The van der Waals surface area contributed by atoms with E-state index in [0.717, 1.165) is 25.2 Å². The van der Waals surface area contributed by atoms with Crippen LogP contribution in [0.1, 0.15) is 35.5 Å². The van der Waals surface area contributed by atoms with Crippen molar-refractivity contribution in [1.29, 1.82) is 0 Å². The van der Waals surface area contributed by atoms with E-state index in [-0.39, 0.29) is 18.1 Å². The number of aromatic nitrogens is 2. The predicted molar refractivity (Wildman–Crippen MR) is 128 cm³/mol. The predicted octanol–water partition coefficient (Wildman–Crippen LogP) is 3.34. The number of para-hydroxylation sites is 1. The van der Waals surface area contributed by atoms with E-state index in [9.17, 15) is 15.0 Å². The summed E-state index contributed by atoms with van der Waals surface area (Å²) in [5.41, 5.74) is 2.09. The summed E-state index contributed by atoms with van der Waals surface area (Å²) in [5, 5.41) is 23.1. The summed E-state index contributed by atoms with van der Waals surface area (Å²) in [6, 6.07) is 12.9. The molecule has 0 saturated carbocycles. The Morgan fingerprint density at radius 1 is 1.00 bits per heavy atom. The molecule has 0 spiro atoms. The molecule has 0 atom stereocenters. The minimum absolute atomic E-state index is 0.0960. The maximum atomic E-state index is 12.8. The van der Waals surface area contributed by atoms with Crippen LogP contribution in [0.25, 0.3) is 11.4 Å². The van der Waals surface area contributed by atoms with Crippen molar-refractivity contribution in [2.45, 2.75) is 26.9 Å². The zero-order chi connectivity index (χ0) is 24.7. The second kappa shape index (κ2) is 11.3. The van der Waals surface area contributed by atoms with Crippen LogP contribution in [0.15, 0.2) is 42.5 Å². The molecule has 0 radical (unpaired) electrons. The smallest absolute Gasteiger partial charge is 0.274 e. The lowest BCUT2D eigenvalue weighted by atomic mass is 10.1. The van der Waals surface area contributed by atoms with Gasteiger partial charge in [-0.05, 0) is 24.7 Å². The molecule has 3 aromatic rings. The summed E-state index contributed by atoms with van der Waals surface area (Å²) in [7, 11) is 3.04. The van der Waals surface area contributed by atoms with Crippen LogP contribution < -0.4 is 14.8 Å². The molecule has 2 aromatic carbocycles. The highest BCUT2D eigenvalue weighted by atomic mass is 16.5. The van der Waals surface area contributed by atoms with Crippen LogP contribution in [0, 0.1) is 0 Å². The van der Waals surface area contributed by atoms with Gasteiger partial charge in [0.2, 0.25) is 5.75 Å². The summed E-state index contributed by atoms with van der Waals surface area (Å²) in [4.78, 5) is 23.3. The number of hydrogen-bond acceptors (Lipinski definition) is 8. The highest BCUT2D eigenvalue weighted by Gasteiger charge is 2.21. The summed E-state index contributed by atoms with van der Waals surface area (Å²) in [6.07, 6.45) is 0. The van der Waals surface area contributed by atoms with Crippen molar-refractivity contribution in [2.75, 3.05) is 27.3 Å². The van der Waals surface area contributed by atoms with Crippen molar-refractivity contribution < 1.29 is 24.5 Å². The fraction of sp³-hybridized carbons (Fsp3) is 0.320. The Morgan fingerprint density at radius 2 is 1.71 bits per heavy atom. The molecule has 1 amide bonds. The molecule has 9 nitrogen and oxygen atoms in total. The normalized spacial score (nSPS) is 10.9. The Morgan fingerprint density at radius 3 is 2.32 bits per heavy atom. The number of amides is 1. The van der Waals surface area contributed by atoms with Crippen molar-refractivity contribution in [1.82, 2.24) is 20.2 Å². The molecule has 0 aliphatic rings. The van der Waals surface area contributed by atoms with E-state index in [0.29, 0.717) is 22.6 Å². The third-order valence-electron chi connectivity index (χ3n) is 5.52. The first-order chi connectivity index (χ1) is 16.4. The molecular formula is C25H30N4O5. The molecule has 180 valence electrons. The number of ether oxygens (including phenoxy) is 2. The van der Waals surface area contributed by atoms with Gasteiger partial charge in [-0.1, -0.05) is 50.2 Å². The van der Waals surface area contributed by atoms with Crippen LogP contribution in [0.4, 0.5) is 0 Å². The summed E-state index contributed by atoms with van der Waals surface area (Å²) < 4.78 is 10.7. The van der Waals surface area contributed by atoms with Crippen molar-refractivity contribution in [3.05, 3.63) is 59.3 Å². The van der Waals surface area contributed by atoms with Crippen molar-refractivity contribution >= 4 is 5.91 Å². The average molecular weight is 467 g/mol. The molecule has 9 heteroatoms. The van der Waals surface area contributed by atoms with Gasteiger partial charge in [-0.3, -0.25) is 9.69 Å². The van der Waals surface area contributed by atoms with Crippen LogP contribution in [0.2, 0.25) is 0 Å². The van der Waals surface area contributed by atoms with Gasteiger partial charge in [0.25, 0.3) is 11.8 Å². The van der Waals surface area contributed by atoms with Crippen molar-refractivity contribution in [3.8, 4) is 34.5 Å². The van der Waals surface area contributed by atoms with Crippen LogP contribution >= 0.6 is 0 Å². The van der Waals surface area contributed by atoms with Crippen LogP contribution in [0.5, 0.6) is 23.1 Å². The van der Waals surface area contributed by atoms with E-state index in [1.165, 1.54) is 14.2 Å². The molecule has 3 N–H and O–H groups in total. The second-order valence-corrected chi connectivity index (χ2v) is 7.56. The molecule has 0 aliphatic carbocycles. The Hall–Kier alpha value is -3.85. The van der Waals surface area contributed by atoms with Gasteiger partial charge in [0.1, 0.15) is 0 Å². The van der Waals surface area contributed by atoms with E-state index >= 15 is 0 Å². The molecule has 3 rings (SSSR count). The molecule has 34 heavy (non-hydrogen) atoms. The van der Waals surface area contributed by atoms with Crippen LogP contribution in [-0.2, 0) is 13.1 Å². The SMILES string of the molecule is CCN(CC)Cc1ccc(-c2nc(O)c(O)c(C(=O)NCc3cccc(OC)c3OC)n2)cc1. The highest BCUT2D eigenvalue weighted by Crippen LogP contribution is 2.31. The fourth-order valence-electron chi connectivity index (χ4n) is 3.55. The van der Waals surface area contributed by atoms with Gasteiger partial charge >= 0.3 is 0 Å². The van der Waals surface area contributed by atoms with Gasteiger partial charge < -0.3 is 25.0 Å². The van der Waals surface area contributed by atoms with Gasteiger partial charge in [0.05, 0.1) is 14.2 Å². The summed E-state index contributed by atoms with van der Waals surface area (Å²) >= 11 is 0. The molecular weight excluding hydrogens is 436 g/mol. The number of nitrogens with zero attached hydrogens (tertiary/aromatic N) is 3. The summed E-state index contributed by atoms with van der Waals surface area (Å²) in [5.74, 6) is -0.860. The number of carbonyl (C=O) groups is 1. The quantitative estimate of drug-likeness (QED) is 0.417. The summed E-state index contributed by atoms with van der Waals surface area (Å²) in [6.45, 7) is 7.04. The topological polar surface area (TPSA) is 117 Å². The monoisotopic (exact) mass is 466 g/mol. The molecule has 0 saturated heterocycles. The maximum Gasteiger partial charge on any atom is 0.274 e. The van der Waals surface area contributed by atoms with Crippen molar-refractivity contribution in [2.24, 2.45) is 0 Å². The molecule has 0 aliphatic heterocycles. The molecule has 0 fully saturated rings. The zero-order valence-corrected chi connectivity index (χ0v) is 19.8. The number of carbonyl (C=O) groups excluding carboxylic acids is 1. The number of benzene rings is 2. The van der Waals surface area contributed by atoms with Gasteiger partial charge in [-0.25, -0.2) is 4.98 Å². The minimum Gasteiger partial charge on any atom is -0.501 e. The van der Waals surface area contributed by atoms with E-state index in [1.807, 2.05) is 24.3 Å². The first-order valence-corrected chi connectivity index (χ1v) is 11.0. The third kappa shape index (κ3) is 5.55. The van der Waals surface area contributed by atoms with Crippen LogP contribution in [-0.4, -0.2) is 58.3 Å². The lowest BCUT2D eigenvalue weighted by Gasteiger charge is -2.18. The standard InChI is InChI=1S/C25H30N4O5/c1-5-29(6-2)15-16-10-12-17(13-11-16)23-27-20(21(30)25(32)28-23)24(31)26-14-18-8-7-9-19(33-3)22(18)34-4/h7-13,30H,5-6,14-15H2,1-4H3,(H,26,31)(H,27,28,32). The number of aromatic hydroxyl groups is 2. The minimum atomic E-state index is -0.683. The second-order valence-electron chi connectivity index (χ2n) is 7.56. The van der Waals surface area contributed by atoms with E-state index in [1.54, 1.807) is 18.2 Å². The first kappa shape index (κ1) is 24.8. The Kier molecular flexibility index (Phi) is 8.26. The van der Waals surface area contributed by atoms with E-state index in [4.69, 9.17) is 9.47 Å². The Balaban J connectivity index is 1.81. The molecule has 0 bridgehead atoms. The molecule has 0 unspecified atom stereocenters. The third-order valence-corrected chi connectivity index (χ3v) is 5.52. The van der Waals surface area contributed by atoms with Gasteiger partial charge in [-0.2, -0.15) is 4.98 Å². The first-order valence-electron chi connectivity index (χ1n) is 11.0. The molecule has 1 aromatic heterocycles. The van der Waals surface area contributed by atoms with Gasteiger partial charge in [0, 0.05) is 24.2 Å². The Bertz CT molecular complexity index is 1130. The molecule has 1 heterocycles.